The lowest BCUT2D eigenvalue weighted by atomic mass is 10.1. The fourth-order valence-electron chi connectivity index (χ4n) is 2.93. The summed E-state index contributed by atoms with van der Waals surface area (Å²) < 4.78 is 5.68. The fraction of sp³-hybridized carbons (Fsp3) is 0.261. The van der Waals surface area contributed by atoms with Gasteiger partial charge in [-0.1, -0.05) is 11.6 Å². The largest absolute Gasteiger partial charge is 0.486 e. The first kappa shape index (κ1) is 22.8. The highest BCUT2D eigenvalue weighted by molar-refractivity contribution is 7.09. The van der Waals surface area contributed by atoms with Crippen LogP contribution in [0.3, 0.4) is 0 Å². The standard InChI is InChI=1S/C23H24ClN3O3S/c1-3-27(4-2)23(29)16-5-9-18(10-6-16)25-21(28)13-19-15-31-22(26-19)14-30-20-11-7-17(24)8-12-20/h5-12,15H,3-4,13-14H2,1-2H3,(H,25,28). The number of benzene rings is 2. The second kappa shape index (κ2) is 10.9. The van der Waals surface area contributed by atoms with Crippen LogP contribution in [0.25, 0.3) is 0 Å². The number of nitrogens with zero attached hydrogens (tertiary/aromatic N) is 2. The Balaban J connectivity index is 1.50. The Kier molecular flexibility index (Phi) is 8.03. The molecular formula is C23H24ClN3O3S. The number of carbonyl (C=O) groups excluding carboxylic acids is 2. The molecule has 2 amide bonds. The summed E-state index contributed by atoms with van der Waals surface area (Å²) in [6, 6.07) is 14.1. The number of halogens is 1. The highest BCUT2D eigenvalue weighted by Gasteiger charge is 2.13. The SMILES string of the molecule is CCN(CC)C(=O)c1ccc(NC(=O)Cc2csc(COc3ccc(Cl)cc3)n2)cc1. The van der Waals surface area contributed by atoms with Gasteiger partial charge < -0.3 is 15.0 Å². The number of anilines is 1. The van der Waals surface area contributed by atoms with Gasteiger partial charge in [-0.15, -0.1) is 11.3 Å². The molecule has 2 aromatic carbocycles. The molecule has 1 heterocycles. The molecule has 0 aliphatic rings. The van der Waals surface area contributed by atoms with Crippen molar-refractivity contribution in [3.05, 3.63) is 75.2 Å². The minimum absolute atomic E-state index is 0.0151. The summed E-state index contributed by atoms with van der Waals surface area (Å²) in [7, 11) is 0. The van der Waals surface area contributed by atoms with Crippen LogP contribution in [0.15, 0.2) is 53.9 Å². The molecular weight excluding hydrogens is 434 g/mol. The van der Waals surface area contributed by atoms with E-state index in [-0.39, 0.29) is 18.2 Å². The molecule has 8 heteroatoms. The minimum Gasteiger partial charge on any atom is -0.486 e. The third-order valence-electron chi connectivity index (χ3n) is 4.58. The molecule has 0 radical (unpaired) electrons. The van der Waals surface area contributed by atoms with E-state index in [4.69, 9.17) is 16.3 Å². The highest BCUT2D eigenvalue weighted by Crippen LogP contribution is 2.19. The average Bonchev–Trinajstić information content (AvgIpc) is 3.21. The van der Waals surface area contributed by atoms with E-state index in [0.717, 1.165) is 5.01 Å². The average molecular weight is 458 g/mol. The van der Waals surface area contributed by atoms with Crippen molar-refractivity contribution in [1.82, 2.24) is 9.88 Å². The first-order valence-electron chi connectivity index (χ1n) is 9.99. The molecule has 0 spiro atoms. The summed E-state index contributed by atoms with van der Waals surface area (Å²) in [5.74, 6) is 0.527. The Morgan fingerprint density at radius 2 is 1.74 bits per heavy atom. The number of thiazole rings is 1. The van der Waals surface area contributed by atoms with Crippen molar-refractivity contribution < 1.29 is 14.3 Å². The fourth-order valence-corrected chi connectivity index (χ4v) is 3.76. The predicted octanol–water partition coefficient (Wildman–Crippen LogP) is 5.04. The molecule has 0 bridgehead atoms. The number of nitrogens with one attached hydrogen (secondary N) is 1. The zero-order chi connectivity index (χ0) is 22.2. The number of hydrogen-bond acceptors (Lipinski definition) is 5. The summed E-state index contributed by atoms with van der Waals surface area (Å²) in [5, 5.41) is 6.14. The van der Waals surface area contributed by atoms with Crippen molar-refractivity contribution in [2.24, 2.45) is 0 Å². The maximum atomic E-state index is 12.4. The summed E-state index contributed by atoms with van der Waals surface area (Å²) >= 11 is 7.31. The Hall–Kier alpha value is -2.90. The second-order valence-electron chi connectivity index (χ2n) is 6.75. The van der Waals surface area contributed by atoms with Gasteiger partial charge in [0.15, 0.2) is 0 Å². The molecule has 162 valence electrons. The molecule has 0 unspecified atom stereocenters. The van der Waals surface area contributed by atoms with Gasteiger partial charge in [0.05, 0.1) is 12.1 Å². The van der Waals surface area contributed by atoms with Gasteiger partial charge >= 0.3 is 0 Å². The van der Waals surface area contributed by atoms with E-state index in [2.05, 4.69) is 10.3 Å². The van der Waals surface area contributed by atoms with Crippen LogP contribution in [-0.2, 0) is 17.8 Å². The van der Waals surface area contributed by atoms with Gasteiger partial charge in [-0.05, 0) is 62.4 Å². The van der Waals surface area contributed by atoms with Crippen molar-refractivity contribution in [2.45, 2.75) is 26.9 Å². The van der Waals surface area contributed by atoms with Crippen LogP contribution >= 0.6 is 22.9 Å². The van der Waals surface area contributed by atoms with Crippen LogP contribution in [0, 0.1) is 0 Å². The monoisotopic (exact) mass is 457 g/mol. The summed E-state index contributed by atoms with van der Waals surface area (Å²) in [5.41, 5.74) is 1.93. The molecule has 0 fully saturated rings. The van der Waals surface area contributed by atoms with Gasteiger partial charge in [-0.25, -0.2) is 4.98 Å². The van der Waals surface area contributed by atoms with Gasteiger partial charge in [0.1, 0.15) is 17.4 Å². The lowest BCUT2D eigenvalue weighted by molar-refractivity contribution is -0.115. The summed E-state index contributed by atoms with van der Waals surface area (Å²) in [6.07, 6.45) is 0.164. The van der Waals surface area contributed by atoms with Crippen LogP contribution in [0.2, 0.25) is 5.02 Å². The van der Waals surface area contributed by atoms with Crippen molar-refractivity contribution >= 4 is 40.4 Å². The van der Waals surface area contributed by atoms with Crippen LogP contribution in [-0.4, -0.2) is 34.8 Å². The molecule has 31 heavy (non-hydrogen) atoms. The lowest BCUT2D eigenvalue weighted by Crippen LogP contribution is -2.30. The number of ether oxygens (including phenoxy) is 1. The zero-order valence-electron chi connectivity index (χ0n) is 17.4. The predicted molar refractivity (Wildman–Crippen MR) is 124 cm³/mol. The van der Waals surface area contributed by atoms with E-state index in [0.29, 0.717) is 47.4 Å². The van der Waals surface area contributed by atoms with Gasteiger partial charge in [0.2, 0.25) is 5.91 Å². The molecule has 0 aliphatic carbocycles. The molecule has 0 aliphatic heterocycles. The maximum absolute atomic E-state index is 12.4. The number of rotatable bonds is 9. The zero-order valence-corrected chi connectivity index (χ0v) is 19.0. The van der Waals surface area contributed by atoms with Gasteiger partial charge in [0, 0.05) is 34.7 Å². The van der Waals surface area contributed by atoms with Crippen molar-refractivity contribution in [3.8, 4) is 5.75 Å². The minimum atomic E-state index is -0.168. The molecule has 0 saturated heterocycles. The number of hydrogen-bond donors (Lipinski definition) is 1. The Labute approximate surface area is 190 Å². The van der Waals surface area contributed by atoms with Crippen molar-refractivity contribution in [3.63, 3.8) is 0 Å². The van der Waals surface area contributed by atoms with E-state index in [1.54, 1.807) is 53.4 Å². The molecule has 1 N–H and O–H groups in total. The Bertz CT molecular complexity index is 1020. The van der Waals surface area contributed by atoms with Gasteiger partial charge in [-0.2, -0.15) is 0 Å². The number of carbonyl (C=O) groups is 2. The number of amides is 2. The second-order valence-corrected chi connectivity index (χ2v) is 8.13. The molecule has 3 aromatic rings. The van der Waals surface area contributed by atoms with E-state index < -0.39 is 0 Å². The number of aromatic nitrogens is 1. The van der Waals surface area contributed by atoms with Crippen molar-refractivity contribution in [1.29, 1.82) is 0 Å². The maximum Gasteiger partial charge on any atom is 0.253 e. The van der Waals surface area contributed by atoms with E-state index in [1.165, 1.54) is 11.3 Å². The van der Waals surface area contributed by atoms with Crippen LogP contribution in [0.5, 0.6) is 5.75 Å². The van der Waals surface area contributed by atoms with Crippen LogP contribution in [0.4, 0.5) is 5.69 Å². The third-order valence-corrected chi connectivity index (χ3v) is 5.71. The molecule has 0 saturated carbocycles. The third kappa shape index (κ3) is 6.54. The van der Waals surface area contributed by atoms with Gasteiger partial charge in [0.25, 0.3) is 5.91 Å². The summed E-state index contributed by atoms with van der Waals surface area (Å²) in [4.78, 5) is 30.9. The highest BCUT2D eigenvalue weighted by atomic mass is 35.5. The van der Waals surface area contributed by atoms with Crippen LogP contribution in [0.1, 0.15) is 34.9 Å². The van der Waals surface area contributed by atoms with Crippen molar-refractivity contribution in [2.75, 3.05) is 18.4 Å². The lowest BCUT2D eigenvalue weighted by Gasteiger charge is -2.18. The first-order chi connectivity index (χ1) is 15.0. The van der Waals surface area contributed by atoms with Gasteiger partial charge in [-0.3, -0.25) is 9.59 Å². The smallest absolute Gasteiger partial charge is 0.253 e. The molecule has 0 atom stereocenters. The Morgan fingerprint density at radius 3 is 2.39 bits per heavy atom. The Morgan fingerprint density at radius 1 is 1.06 bits per heavy atom. The molecule has 1 aromatic heterocycles. The topological polar surface area (TPSA) is 71.5 Å². The molecule has 6 nitrogen and oxygen atoms in total. The van der Waals surface area contributed by atoms with E-state index >= 15 is 0 Å². The normalized spacial score (nSPS) is 10.5. The van der Waals surface area contributed by atoms with Crippen LogP contribution < -0.4 is 10.1 Å². The van der Waals surface area contributed by atoms with E-state index in [9.17, 15) is 9.59 Å². The molecule has 3 rings (SSSR count). The summed E-state index contributed by atoms with van der Waals surface area (Å²) in [6.45, 7) is 5.55. The van der Waals surface area contributed by atoms with E-state index in [1.807, 2.05) is 19.2 Å². The first-order valence-corrected chi connectivity index (χ1v) is 11.2. The quantitative estimate of drug-likeness (QED) is 0.488.